The van der Waals surface area contributed by atoms with Gasteiger partial charge in [0.2, 0.25) is 6.41 Å². The van der Waals surface area contributed by atoms with Gasteiger partial charge in [-0.1, -0.05) is 25.7 Å². The van der Waals surface area contributed by atoms with E-state index in [9.17, 15) is 19.6 Å². The molecule has 0 radical (unpaired) electrons. The molecule has 1 aliphatic carbocycles. The molecule has 7 heteroatoms. The van der Waals surface area contributed by atoms with E-state index >= 15 is 0 Å². The molecule has 0 aromatic rings. The highest BCUT2D eigenvalue weighted by Crippen LogP contribution is 2.35. The van der Waals surface area contributed by atoms with Crippen molar-refractivity contribution in [3.63, 3.8) is 0 Å². The van der Waals surface area contributed by atoms with Crippen LogP contribution in [0.25, 0.3) is 0 Å². The van der Waals surface area contributed by atoms with Crippen LogP contribution in [0.4, 0.5) is 4.79 Å². The first-order valence-corrected chi connectivity index (χ1v) is 8.54. The fourth-order valence-electron chi connectivity index (χ4n) is 4.34. The highest BCUT2D eigenvalue weighted by molar-refractivity contribution is 5.85. The van der Waals surface area contributed by atoms with Gasteiger partial charge in [-0.05, 0) is 19.3 Å². The minimum atomic E-state index is -0.619. The van der Waals surface area contributed by atoms with Gasteiger partial charge >= 0.3 is 11.9 Å². The summed E-state index contributed by atoms with van der Waals surface area (Å²) in [4.78, 5) is 36.0. The average molecular weight is 326 g/mol. The molecule has 3 N–H and O–H groups in total. The number of primary amides is 1. The Bertz CT molecular complexity index is 464. The summed E-state index contributed by atoms with van der Waals surface area (Å²) in [5, 5.41) is 10.1. The van der Waals surface area contributed by atoms with E-state index < -0.39 is 11.9 Å². The molecule has 7 nitrogen and oxygen atoms in total. The van der Waals surface area contributed by atoms with Crippen LogP contribution < -0.4 is 5.73 Å². The Morgan fingerprint density at radius 1 is 1.30 bits per heavy atom. The van der Waals surface area contributed by atoms with E-state index in [1.807, 2.05) is 6.92 Å². The van der Waals surface area contributed by atoms with Crippen LogP contribution in [0.15, 0.2) is 0 Å². The highest BCUT2D eigenvalue weighted by Gasteiger charge is 2.53. The van der Waals surface area contributed by atoms with Crippen molar-refractivity contribution in [3.8, 4) is 0 Å². The molecule has 1 heterocycles. The first-order valence-electron chi connectivity index (χ1n) is 8.54. The molecule has 0 spiro atoms. The summed E-state index contributed by atoms with van der Waals surface area (Å²) in [6, 6.07) is -0.763. The molecule has 2 aliphatic rings. The Labute approximate surface area is 137 Å². The van der Waals surface area contributed by atoms with Crippen LogP contribution in [0.1, 0.15) is 51.9 Å². The zero-order chi connectivity index (χ0) is 17.0. The third-order valence-corrected chi connectivity index (χ3v) is 5.64. The number of amides is 4. The number of carbonyl (C=O) groups excluding carboxylic acids is 3. The van der Waals surface area contributed by atoms with E-state index in [4.69, 9.17) is 5.73 Å². The molecule has 2 rings (SSSR count). The summed E-state index contributed by atoms with van der Waals surface area (Å²) < 4.78 is -0.343. The van der Waals surface area contributed by atoms with Crippen LogP contribution in [-0.2, 0) is 9.59 Å². The van der Waals surface area contributed by atoms with Crippen molar-refractivity contribution in [2.75, 3.05) is 13.1 Å². The molecule has 23 heavy (non-hydrogen) atoms. The Balaban J connectivity index is 2.22. The van der Waals surface area contributed by atoms with Gasteiger partial charge in [0.1, 0.15) is 6.04 Å². The highest BCUT2D eigenvalue weighted by atomic mass is 16.5. The number of hydroxylamine groups is 2. The molecule has 4 amide bonds. The molecule has 1 saturated carbocycles. The number of likely N-dealkylation sites (tertiary alicyclic amines) is 1. The number of quaternary nitrogens is 1. The number of carbonyl (C=O) groups is 3. The van der Waals surface area contributed by atoms with Crippen LogP contribution in [0.3, 0.4) is 0 Å². The molecule has 1 aliphatic heterocycles. The van der Waals surface area contributed by atoms with Crippen LogP contribution >= 0.6 is 0 Å². The molecule has 130 valence electrons. The molecule has 0 bridgehead atoms. The zero-order valence-electron chi connectivity index (χ0n) is 13.8. The number of nitrogens with two attached hydrogens (primary N) is 1. The Kier molecular flexibility index (Phi) is 5.75. The van der Waals surface area contributed by atoms with Gasteiger partial charge in [-0.3, -0.25) is 10.0 Å². The van der Waals surface area contributed by atoms with Crippen LogP contribution in [-0.4, -0.2) is 52.2 Å². The van der Waals surface area contributed by atoms with E-state index in [0.29, 0.717) is 30.4 Å². The van der Waals surface area contributed by atoms with E-state index in [2.05, 4.69) is 0 Å². The summed E-state index contributed by atoms with van der Waals surface area (Å²) in [5.74, 6) is -0.383. The molecule has 0 aromatic carbocycles. The zero-order valence-corrected chi connectivity index (χ0v) is 13.8. The van der Waals surface area contributed by atoms with E-state index in [1.54, 1.807) is 0 Å². The van der Waals surface area contributed by atoms with Crippen molar-refractivity contribution < 1.29 is 24.1 Å². The maximum atomic E-state index is 13.2. The topological polar surface area (TPSA) is 101 Å². The number of imide groups is 1. The number of nitrogens with zero attached hydrogens (tertiary/aromatic N) is 2. The molecule has 1 saturated heterocycles. The van der Waals surface area contributed by atoms with Crippen molar-refractivity contribution in [3.05, 3.63) is 0 Å². The van der Waals surface area contributed by atoms with Crippen molar-refractivity contribution in [1.29, 1.82) is 0 Å². The first-order chi connectivity index (χ1) is 10.9. The first kappa shape index (κ1) is 17.9. The standard InChI is InChI=1S/C16H27N3O4/c1-12-5-4-8-19(12,16(17)22)15(21)14(10-18(23)11-20)9-13-6-2-3-7-13/h11-14,23H,2-10H2,1H3,(H-,17,22)/p+1/t12-,14-,19?/m1/s1. The van der Waals surface area contributed by atoms with Gasteiger partial charge in [0.25, 0.3) is 0 Å². The number of hydrogen-bond donors (Lipinski definition) is 2. The van der Waals surface area contributed by atoms with Gasteiger partial charge in [-0.25, -0.2) is 14.7 Å². The Morgan fingerprint density at radius 3 is 2.43 bits per heavy atom. The molecule has 3 atom stereocenters. The summed E-state index contributed by atoms with van der Waals surface area (Å²) >= 11 is 0. The van der Waals surface area contributed by atoms with Crippen molar-refractivity contribution in [2.45, 2.75) is 57.9 Å². The maximum Gasteiger partial charge on any atom is 0.421 e. The second-order valence-corrected chi connectivity index (χ2v) is 7.07. The smallest absolute Gasteiger partial charge is 0.318 e. The second-order valence-electron chi connectivity index (χ2n) is 7.07. The van der Waals surface area contributed by atoms with Gasteiger partial charge < -0.3 is 5.73 Å². The van der Waals surface area contributed by atoms with E-state index in [0.717, 1.165) is 38.5 Å². The van der Waals surface area contributed by atoms with Crippen molar-refractivity contribution >= 4 is 18.3 Å². The third kappa shape index (κ3) is 3.55. The second kappa shape index (κ2) is 7.40. The minimum Gasteiger partial charge on any atom is -0.318 e. The van der Waals surface area contributed by atoms with Gasteiger partial charge in [0, 0.05) is 12.8 Å². The van der Waals surface area contributed by atoms with Gasteiger partial charge in [-0.15, -0.1) is 0 Å². The van der Waals surface area contributed by atoms with Crippen LogP contribution in [0.2, 0.25) is 0 Å². The fourth-order valence-corrected chi connectivity index (χ4v) is 4.34. The van der Waals surface area contributed by atoms with Crippen LogP contribution in [0, 0.1) is 11.8 Å². The van der Waals surface area contributed by atoms with Gasteiger partial charge in [0.15, 0.2) is 0 Å². The SMILES string of the molecule is C[C@@H]1CCC[N+]1(C(N)=O)C(=O)[C@H](CC1CCCC1)CN(O)C=O. The van der Waals surface area contributed by atoms with E-state index in [-0.39, 0.29) is 23.0 Å². The van der Waals surface area contributed by atoms with Gasteiger partial charge in [-0.2, -0.15) is 4.48 Å². The van der Waals surface area contributed by atoms with Crippen molar-refractivity contribution in [2.24, 2.45) is 17.6 Å². The lowest BCUT2D eigenvalue weighted by atomic mass is 9.91. The quantitative estimate of drug-likeness (QED) is 0.335. The largest absolute Gasteiger partial charge is 0.421 e. The van der Waals surface area contributed by atoms with Crippen LogP contribution in [0.5, 0.6) is 0 Å². The lowest BCUT2D eigenvalue weighted by Crippen LogP contribution is -2.64. The van der Waals surface area contributed by atoms with E-state index in [1.165, 1.54) is 0 Å². The minimum absolute atomic E-state index is 0.0706. The van der Waals surface area contributed by atoms with Gasteiger partial charge in [0.05, 0.1) is 19.0 Å². The average Bonchev–Trinajstić information content (AvgIpc) is 3.15. The lowest BCUT2D eigenvalue weighted by molar-refractivity contribution is -0.785. The predicted octanol–water partition coefficient (Wildman–Crippen LogP) is 1.63. The fraction of sp³-hybridized carbons (Fsp3) is 0.812. The molecular formula is C16H28N3O4+. The predicted molar refractivity (Wildman–Crippen MR) is 83.0 cm³/mol. The summed E-state index contributed by atoms with van der Waals surface area (Å²) in [5.41, 5.74) is 5.60. The molecule has 2 fully saturated rings. The Morgan fingerprint density at radius 2 is 1.96 bits per heavy atom. The normalized spacial score (nSPS) is 29.4. The Hall–Kier alpha value is -1.47. The monoisotopic (exact) mass is 326 g/mol. The number of rotatable bonds is 6. The lowest BCUT2D eigenvalue weighted by Gasteiger charge is -2.35. The summed E-state index contributed by atoms with van der Waals surface area (Å²) in [6.45, 7) is 2.22. The summed E-state index contributed by atoms with van der Waals surface area (Å²) in [7, 11) is 0. The molecule has 1 unspecified atom stereocenters. The number of urea groups is 1. The summed E-state index contributed by atoms with van der Waals surface area (Å²) in [6.07, 6.45) is 6.87. The number of hydrogen-bond acceptors (Lipinski definition) is 4. The molecule has 0 aromatic heterocycles. The van der Waals surface area contributed by atoms with Crippen molar-refractivity contribution in [1.82, 2.24) is 5.06 Å². The molecular weight excluding hydrogens is 298 g/mol. The maximum absolute atomic E-state index is 13.2. The third-order valence-electron chi connectivity index (χ3n) is 5.64.